The summed E-state index contributed by atoms with van der Waals surface area (Å²) in [4.78, 5) is 27.6. The van der Waals surface area contributed by atoms with Crippen LogP contribution in [0.1, 0.15) is 29.5 Å². The van der Waals surface area contributed by atoms with Crippen LogP contribution in [0.25, 0.3) is 11.4 Å². The van der Waals surface area contributed by atoms with E-state index in [1.165, 1.54) is 12.1 Å². The van der Waals surface area contributed by atoms with Gasteiger partial charge in [-0.3, -0.25) is 4.79 Å². The van der Waals surface area contributed by atoms with Crippen LogP contribution in [0.15, 0.2) is 59.1 Å². The molecular weight excluding hydrogens is 403 g/mol. The Morgan fingerprint density at radius 3 is 2.50 bits per heavy atom. The van der Waals surface area contributed by atoms with Gasteiger partial charge in [-0.25, -0.2) is 4.79 Å². The average Bonchev–Trinajstić information content (AvgIpc) is 3.19. The van der Waals surface area contributed by atoms with Crippen molar-refractivity contribution >= 4 is 11.9 Å². The molecule has 0 fully saturated rings. The molecular formula is C20H16F3N3O4. The van der Waals surface area contributed by atoms with Gasteiger partial charge in [0.05, 0.1) is 5.56 Å². The van der Waals surface area contributed by atoms with Crippen molar-refractivity contribution in [3.05, 3.63) is 71.6 Å². The fourth-order valence-corrected chi connectivity index (χ4v) is 2.70. The number of carbonyl (C=O) groups excluding carboxylic acids is 1. The zero-order chi connectivity index (χ0) is 21.7. The van der Waals surface area contributed by atoms with Crippen molar-refractivity contribution in [2.24, 2.45) is 0 Å². The first kappa shape index (κ1) is 21.0. The van der Waals surface area contributed by atoms with E-state index in [0.717, 1.165) is 12.1 Å². The summed E-state index contributed by atoms with van der Waals surface area (Å²) >= 11 is 0. The molecule has 30 heavy (non-hydrogen) atoms. The fourth-order valence-electron chi connectivity index (χ4n) is 2.70. The number of aromatic nitrogens is 2. The number of benzene rings is 2. The first-order chi connectivity index (χ1) is 14.2. The second-order valence-corrected chi connectivity index (χ2v) is 6.34. The van der Waals surface area contributed by atoms with Gasteiger partial charge in [0.15, 0.2) is 6.04 Å². The highest BCUT2D eigenvalue weighted by Gasteiger charge is 2.30. The maximum atomic E-state index is 12.8. The van der Waals surface area contributed by atoms with Crippen molar-refractivity contribution in [1.82, 2.24) is 15.5 Å². The number of carboxylic acids is 1. The number of halogens is 3. The number of hydrogen-bond donors (Lipinski definition) is 2. The molecule has 1 atom stereocenters. The van der Waals surface area contributed by atoms with Gasteiger partial charge in [-0.1, -0.05) is 47.6 Å². The van der Waals surface area contributed by atoms with Crippen LogP contribution in [0.3, 0.4) is 0 Å². The van der Waals surface area contributed by atoms with Crippen LogP contribution in [-0.2, 0) is 22.2 Å². The first-order valence-corrected chi connectivity index (χ1v) is 8.81. The van der Waals surface area contributed by atoms with Gasteiger partial charge in [-0.15, -0.1) is 0 Å². The molecule has 0 radical (unpaired) electrons. The molecule has 2 aromatic carbocycles. The van der Waals surface area contributed by atoms with Crippen LogP contribution in [0.2, 0.25) is 0 Å². The van der Waals surface area contributed by atoms with Gasteiger partial charge < -0.3 is 14.9 Å². The molecule has 0 spiro atoms. The lowest BCUT2D eigenvalue weighted by Gasteiger charge is -2.14. The molecule has 0 unspecified atom stereocenters. The lowest BCUT2D eigenvalue weighted by Crippen LogP contribution is -2.33. The summed E-state index contributed by atoms with van der Waals surface area (Å²) in [5.74, 6) is -1.75. The number of amides is 1. The third-order valence-electron chi connectivity index (χ3n) is 4.17. The van der Waals surface area contributed by atoms with Crippen LogP contribution in [-0.4, -0.2) is 27.1 Å². The summed E-state index contributed by atoms with van der Waals surface area (Å²) in [6.07, 6.45) is -4.64. The fraction of sp³-hybridized carbons (Fsp3) is 0.200. The SMILES string of the molecule is O=C(CCc1nc(-c2cccc(C(F)(F)F)c2)no1)N[C@H](C(=O)O)c1ccccc1. The highest BCUT2D eigenvalue weighted by molar-refractivity contribution is 5.84. The topological polar surface area (TPSA) is 105 Å². The first-order valence-electron chi connectivity index (χ1n) is 8.81. The summed E-state index contributed by atoms with van der Waals surface area (Å²) in [5, 5.41) is 15.4. The smallest absolute Gasteiger partial charge is 0.416 e. The zero-order valence-corrected chi connectivity index (χ0v) is 15.4. The number of alkyl halides is 3. The monoisotopic (exact) mass is 419 g/mol. The highest BCUT2D eigenvalue weighted by Crippen LogP contribution is 2.31. The molecule has 156 valence electrons. The molecule has 3 rings (SSSR count). The normalized spacial score (nSPS) is 12.4. The number of carboxylic acid groups (broad SMARTS) is 1. The van der Waals surface area contributed by atoms with Gasteiger partial charge in [-0.05, 0) is 17.7 Å². The largest absolute Gasteiger partial charge is 0.479 e. The van der Waals surface area contributed by atoms with E-state index in [1.807, 2.05) is 0 Å². The molecule has 1 aromatic heterocycles. The molecule has 0 aliphatic rings. The average molecular weight is 419 g/mol. The second kappa shape index (κ2) is 8.76. The van der Waals surface area contributed by atoms with Gasteiger partial charge >= 0.3 is 12.1 Å². The van der Waals surface area contributed by atoms with Gasteiger partial charge in [0.2, 0.25) is 17.6 Å². The molecule has 3 aromatic rings. The minimum absolute atomic E-state index is 0.00107. The Morgan fingerprint density at radius 2 is 1.83 bits per heavy atom. The van der Waals surface area contributed by atoms with Gasteiger partial charge in [0.25, 0.3) is 0 Å². The number of nitrogens with zero attached hydrogens (tertiary/aromatic N) is 2. The van der Waals surface area contributed by atoms with Gasteiger partial charge in [0, 0.05) is 18.4 Å². The number of carbonyl (C=O) groups is 2. The number of aliphatic carboxylic acids is 1. The van der Waals surface area contributed by atoms with Crippen molar-refractivity contribution in [2.75, 3.05) is 0 Å². The zero-order valence-electron chi connectivity index (χ0n) is 15.4. The molecule has 0 aliphatic heterocycles. The lowest BCUT2D eigenvalue weighted by molar-refractivity contribution is -0.142. The van der Waals surface area contributed by atoms with E-state index in [2.05, 4.69) is 15.5 Å². The summed E-state index contributed by atoms with van der Waals surface area (Å²) in [7, 11) is 0. The Morgan fingerprint density at radius 1 is 1.10 bits per heavy atom. The van der Waals surface area contributed by atoms with Crippen LogP contribution in [0, 0.1) is 0 Å². The summed E-state index contributed by atoms with van der Waals surface area (Å²) in [6.45, 7) is 0. The van der Waals surface area contributed by atoms with Gasteiger partial charge in [-0.2, -0.15) is 18.2 Å². The van der Waals surface area contributed by atoms with Gasteiger partial charge in [0.1, 0.15) is 0 Å². The van der Waals surface area contributed by atoms with E-state index >= 15 is 0 Å². The van der Waals surface area contributed by atoms with E-state index in [0.29, 0.717) is 5.56 Å². The molecule has 10 heteroatoms. The Hall–Kier alpha value is -3.69. The van der Waals surface area contributed by atoms with E-state index in [9.17, 15) is 27.9 Å². The number of nitrogens with one attached hydrogen (secondary N) is 1. The van der Waals surface area contributed by atoms with Crippen LogP contribution >= 0.6 is 0 Å². The molecule has 1 heterocycles. The standard InChI is InChI=1S/C20H16F3N3O4/c21-20(22,23)14-8-4-7-13(11-14)18-25-16(30-26-18)10-9-15(27)24-17(19(28)29)12-5-2-1-3-6-12/h1-8,11,17H,9-10H2,(H,24,27)(H,28,29)/t17-/m0/s1. The third kappa shape index (κ3) is 5.22. The molecule has 7 nitrogen and oxygen atoms in total. The minimum Gasteiger partial charge on any atom is -0.479 e. The molecule has 2 N–H and O–H groups in total. The predicted octanol–water partition coefficient (Wildman–Crippen LogP) is 3.63. The van der Waals surface area contributed by atoms with Crippen LogP contribution in [0.5, 0.6) is 0 Å². The maximum Gasteiger partial charge on any atom is 0.416 e. The highest BCUT2D eigenvalue weighted by atomic mass is 19.4. The molecule has 0 bridgehead atoms. The second-order valence-electron chi connectivity index (χ2n) is 6.34. The quantitative estimate of drug-likeness (QED) is 0.606. The summed E-state index contributed by atoms with van der Waals surface area (Å²) in [5.41, 5.74) is -0.298. The maximum absolute atomic E-state index is 12.8. The Bertz CT molecular complexity index is 1040. The lowest BCUT2D eigenvalue weighted by atomic mass is 10.1. The minimum atomic E-state index is -4.50. The Balaban J connectivity index is 1.63. The molecule has 0 saturated heterocycles. The van der Waals surface area contributed by atoms with E-state index in [-0.39, 0.29) is 30.1 Å². The third-order valence-corrected chi connectivity index (χ3v) is 4.17. The van der Waals surface area contributed by atoms with E-state index in [4.69, 9.17) is 4.52 Å². The van der Waals surface area contributed by atoms with Crippen LogP contribution < -0.4 is 5.32 Å². The van der Waals surface area contributed by atoms with Crippen molar-refractivity contribution < 1.29 is 32.4 Å². The van der Waals surface area contributed by atoms with Crippen molar-refractivity contribution in [2.45, 2.75) is 25.1 Å². The van der Waals surface area contributed by atoms with E-state index in [1.54, 1.807) is 30.3 Å². The van der Waals surface area contributed by atoms with E-state index < -0.39 is 29.7 Å². The Labute approximate surface area is 168 Å². The number of aryl methyl sites for hydroxylation is 1. The Kier molecular flexibility index (Phi) is 6.14. The summed E-state index contributed by atoms with van der Waals surface area (Å²) in [6, 6.07) is 11.5. The number of hydrogen-bond acceptors (Lipinski definition) is 5. The molecule has 1 amide bonds. The predicted molar refractivity (Wildman–Crippen MR) is 98.0 cm³/mol. The molecule has 0 aliphatic carbocycles. The van der Waals surface area contributed by atoms with Crippen molar-refractivity contribution in [3.8, 4) is 11.4 Å². The molecule has 0 saturated carbocycles. The van der Waals surface area contributed by atoms with Crippen molar-refractivity contribution in [1.29, 1.82) is 0 Å². The number of rotatable bonds is 7. The van der Waals surface area contributed by atoms with Crippen LogP contribution in [0.4, 0.5) is 13.2 Å². The summed E-state index contributed by atoms with van der Waals surface area (Å²) < 4.78 is 43.5. The van der Waals surface area contributed by atoms with Crippen molar-refractivity contribution in [3.63, 3.8) is 0 Å².